The summed E-state index contributed by atoms with van der Waals surface area (Å²) >= 11 is 0. The molecular weight excluding hydrogens is 949 g/mol. The molecule has 0 rings (SSSR count). The molecule has 1 atom stereocenters. The van der Waals surface area contributed by atoms with E-state index in [1.54, 1.807) is 0 Å². The fraction of sp³-hybridized carbons (Fsp3) is 0.620. The number of carbonyl (C=O) groups excluding carboxylic acids is 3. The summed E-state index contributed by atoms with van der Waals surface area (Å²) in [5.74, 6) is -0.954. The summed E-state index contributed by atoms with van der Waals surface area (Å²) < 4.78 is 16.8. The van der Waals surface area contributed by atoms with Crippen LogP contribution in [0.4, 0.5) is 0 Å². The lowest BCUT2D eigenvalue weighted by atomic mass is 10.0. The van der Waals surface area contributed by atoms with Gasteiger partial charge in [0.2, 0.25) is 0 Å². The zero-order chi connectivity index (χ0) is 55.7. The van der Waals surface area contributed by atoms with Gasteiger partial charge in [0.25, 0.3) is 0 Å². The standard InChI is InChI=1S/C71H114O6/c1-4-7-10-13-16-18-20-22-24-26-28-30-31-32-33-34-35-36-37-38-39-41-42-44-46-48-50-52-55-58-61-64-70(73)76-67-68(66-75-69(72)63-60-57-54-15-12-9-6-3)77-71(74)65-62-59-56-53-51-49-47-45-43-40-29-27-25-23-21-19-17-14-11-8-5-2/h7-8,10-11,16-19,22-25,28-30,32-33,35-36,40,45,47,51,53,68H,4-6,9,12-15,20-21,26-27,31,34,37-39,41-44,46,48-50,52,54-67H2,1-3H3/b10-7-,11-8-,18-16-,19-17-,24-22-,25-23-,30-28-,33-32-,36-35-,40-29-,47-45-,53-51-. The van der Waals surface area contributed by atoms with Crippen molar-refractivity contribution in [3.05, 3.63) is 146 Å². The number of unbranched alkanes of at least 4 members (excludes halogenated alkanes) is 20. The summed E-state index contributed by atoms with van der Waals surface area (Å²) in [6.07, 6.45) is 91.6. The molecule has 0 radical (unpaired) electrons. The van der Waals surface area contributed by atoms with Gasteiger partial charge in [0, 0.05) is 19.3 Å². The summed E-state index contributed by atoms with van der Waals surface area (Å²) in [5, 5.41) is 0. The Kier molecular flexibility index (Phi) is 59.9. The van der Waals surface area contributed by atoms with Crippen LogP contribution in [0.1, 0.15) is 265 Å². The zero-order valence-electron chi connectivity index (χ0n) is 49.7. The van der Waals surface area contributed by atoms with E-state index in [2.05, 4.69) is 167 Å². The molecule has 6 heteroatoms. The predicted molar refractivity (Wildman–Crippen MR) is 334 cm³/mol. The second-order valence-corrected chi connectivity index (χ2v) is 20.2. The number of esters is 3. The molecule has 0 amide bonds. The van der Waals surface area contributed by atoms with Crippen LogP contribution in [0.5, 0.6) is 0 Å². The Bertz CT molecular complexity index is 1700. The SMILES string of the molecule is CC/C=C\C/C=C\C/C=C\C/C=C\C/C=C\C/C=C\CCCCCCCCCCCCCCC(=O)OCC(COC(=O)CCCCCCCCC)OC(=O)CCCC/C=C\C/C=C\C/C=C\C/C=C\C/C=C\C/C=C\CC. The molecular formula is C71H114O6. The molecule has 0 aliphatic carbocycles. The first-order chi connectivity index (χ1) is 38.0. The van der Waals surface area contributed by atoms with Crippen LogP contribution >= 0.6 is 0 Å². The Balaban J connectivity index is 4.20. The largest absolute Gasteiger partial charge is 0.462 e. The molecule has 0 saturated carbocycles. The highest BCUT2D eigenvalue weighted by Gasteiger charge is 2.19. The van der Waals surface area contributed by atoms with E-state index >= 15 is 0 Å². The molecule has 0 aromatic heterocycles. The monoisotopic (exact) mass is 1060 g/mol. The van der Waals surface area contributed by atoms with Crippen molar-refractivity contribution < 1.29 is 28.6 Å². The van der Waals surface area contributed by atoms with Crippen molar-refractivity contribution in [3.8, 4) is 0 Å². The molecule has 0 heterocycles. The topological polar surface area (TPSA) is 78.9 Å². The number of hydrogen-bond acceptors (Lipinski definition) is 6. The zero-order valence-corrected chi connectivity index (χ0v) is 49.7. The minimum absolute atomic E-state index is 0.0992. The maximum Gasteiger partial charge on any atom is 0.306 e. The molecule has 0 aromatic carbocycles. The van der Waals surface area contributed by atoms with Gasteiger partial charge in [0.1, 0.15) is 13.2 Å². The van der Waals surface area contributed by atoms with E-state index in [9.17, 15) is 14.4 Å². The van der Waals surface area contributed by atoms with Crippen molar-refractivity contribution in [2.45, 2.75) is 271 Å². The molecule has 0 N–H and O–H groups in total. The lowest BCUT2D eigenvalue weighted by molar-refractivity contribution is -0.167. The third-order valence-corrected chi connectivity index (χ3v) is 12.8. The highest BCUT2D eigenvalue weighted by Crippen LogP contribution is 2.15. The van der Waals surface area contributed by atoms with Crippen LogP contribution in [-0.4, -0.2) is 37.2 Å². The Morgan fingerprint density at radius 1 is 0.273 bits per heavy atom. The average molecular weight is 1060 g/mol. The van der Waals surface area contributed by atoms with E-state index in [1.807, 2.05) is 0 Å². The van der Waals surface area contributed by atoms with E-state index in [-0.39, 0.29) is 37.5 Å². The van der Waals surface area contributed by atoms with Crippen molar-refractivity contribution in [1.29, 1.82) is 0 Å². The minimum atomic E-state index is -0.804. The van der Waals surface area contributed by atoms with E-state index in [1.165, 1.54) is 89.9 Å². The van der Waals surface area contributed by atoms with Crippen LogP contribution < -0.4 is 0 Å². The molecule has 0 fully saturated rings. The normalized spacial score (nSPS) is 13.1. The van der Waals surface area contributed by atoms with Gasteiger partial charge < -0.3 is 14.2 Å². The van der Waals surface area contributed by atoms with E-state index in [0.717, 1.165) is 128 Å². The molecule has 77 heavy (non-hydrogen) atoms. The first-order valence-corrected chi connectivity index (χ1v) is 31.3. The maximum absolute atomic E-state index is 12.8. The van der Waals surface area contributed by atoms with Gasteiger partial charge in [-0.3, -0.25) is 14.4 Å². The van der Waals surface area contributed by atoms with Gasteiger partial charge in [-0.15, -0.1) is 0 Å². The smallest absolute Gasteiger partial charge is 0.306 e. The molecule has 0 aliphatic rings. The second kappa shape index (κ2) is 63.8. The average Bonchev–Trinajstić information content (AvgIpc) is 3.43. The highest BCUT2D eigenvalue weighted by molar-refractivity contribution is 5.71. The van der Waals surface area contributed by atoms with Gasteiger partial charge in [0.05, 0.1) is 0 Å². The Hall–Kier alpha value is -4.71. The third-order valence-electron chi connectivity index (χ3n) is 12.8. The van der Waals surface area contributed by atoms with Crippen molar-refractivity contribution >= 4 is 17.9 Å². The van der Waals surface area contributed by atoms with Gasteiger partial charge in [-0.1, -0.05) is 269 Å². The van der Waals surface area contributed by atoms with Crippen LogP contribution in [0.15, 0.2) is 146 Å². The summed E-state index contributed by atoms with van der Waals surface area (Å²) in [4.78, 5) is 38.0. The molecule has 0 aromatic rings. The van der Waals surface area contributed by atoms with Crippen molar-refractivity contribution in [2.24, 2.45) is 0 Å². The van der Waals surface area contributed by atoms with E-state index < -0.39 is 6.10 Å². The van der Waals surface area contributed by atoms with Gasteiger partial charge in [-0.2, -0.15) is 0 Å². The van der Waals surface area contributed by atoms with Gasteiger partial charge in [-0.05, 0) is 122 Å². The first-order valence-electron chi connectivity index (χ1n) is 31.3. The minimum Gasteiger partial charge on any atom is -0.462 e. The van der Waals surface area contributed by atoms with Crippen LogP contribution in [0.3, 0.4) is 0 Å². The van der Waals surface area contributed by atoms with Crippen molar-refractivity contribution in [3.63, 3.8) is 0 Å². The lowest BCUT2D eigenvalue weighted by Crippen LogP contribution is -2.30. The van der Waals surface area contributed by atoms with Crippen LogP contribution in [0.25, 0.3) is 0 Å². The predicted octanol–water partition coefficient (Wildman–Crippen LogP) is 21.5. The maximum atomic E-state index is 12.8. The molecule has 0 bridgehead atoms. The van der Waals surface area contributed by atoms with Crippen LogP contribution in [0, 0.1) is 0 Å². The Morgan fingerprint density at radius 2 is 0.506 bits per heavy atom. The summed E-state index contributed by atoms with van der Waals surface area (Å²) in [6, 6.07) is 0. The number of allylic oxidation sites excluding steroid dienone is 24. The van der Waals surface area contributed by atoms with Crippen LogP contribution in [-0.2, 0) is 28.6 Å². The quantitative estimate of drug-likeness (QED) is 0.0261. The molecule has 0 spiro atoms. The fourth-order valence-electron chi connectivity index (χ4n) is 8.21. The molecule has 1 unspecified atom stereocenters. The lowest BCUT2D eigenvalue weighted by Gasteiger charge is -2.18. The summed E-state index contributed by atoms with van der Waals surface area (Å²) in [7, 11) is 0. The number of hydrogen-bond donors (Lipinski definition) is 0. The van der Waals surface area contributed by atoms with Gasteiger partial charge in [-0.25, -0.2) is 0 Å². The first kappa shape index (κ1) is 72.3. The van der Waals surface area contributed by atoms with E-state index in [0.29, 0.717) is 19.3 Å². The highest BCUT2D eigenvalue weighted by atomic mass is 16.6. The molecule has 434 valence electrons. The summed E-state index contributed by atoms with van der Waals surface area (Å²) in [5.41, 5.74) is 0. The molecule has 0 aliphatic heterocycles. The number of carbonyl (C=O) groups is 3. The Morgan fingerprint density at radius 3 is 0.818 bits per heavy atom. The number of rotatable bonds is 55. The van der Waals surface area contributed by atoms with Gasteiger partial charge >= 0.3 is 17.9 Å². The fourth-order valence-corrected chi connectivity index (χ4v) is 8.21. The summed E-state index contributed by atoms with van der Waals surface area (Å²) in [6.45, 7) is 6.33. The number of ether oxygens (including phenoxy) is 3. The second-order valence-electron chi connectivity index (χ2n) is 20.2. The van der Waals surface area contributed by atoms with Crippen molar-refractivity contribution in [1.82, 2.24) is 0 Å². The van der Waals surface area contributed by atoms with Crippen LogP contribution in [0.2, 0.25) is 0 Å². The van der Waals surface area contributed by atoms with Crippen molar-refractivity contribution in [2.75, 3.05) is 13.2 Å². The van der Waals surface area contributed by atoms with Gasteiger partial charge in [0.15, 0.2) is 6.10 Å². The third kappa shape index (κ3) is 62.0. The Labute approximate surface area is 474 Å². The molecule has 0 saturated heterocycles. The van der Waals surface area contributed by atoms with E-state index in [4.69, 9.17) is 14.2 Å². The molecule has 6 nitrogen and oxygen atoms in total.